The largest absolute Gasteiger partial charge is 0.380 e. The van der Waals surface area contributed by atoms with Crippen molar-refractivity contribution in [3.05, 3.63) is 52.7 Å². The van der Waals surface area contributed by atoms with Gasteiger partial charge in [-0.2, -0.15) is 0 Å². The number of nitrogens with one attached hydrogen (secondary N) is 1. The highest BCUT2D eigenvalue weighted by atomic mass is 35.5. The number of carbonyl (C=O) groups excluding carboxylic acids is 1. The number of nitrogens with two attached hydrogens (primary N) is 1. The Bertz CT molecular complexity index is 1270. The molecule has 1 aromatic carbocycles. The van der Waals surface area contributed by atoms with Crippen molar-refractivity contribution in [1.82, 2.24) is 30.2 Å². The second-order valence-corrected chi connectivity index (χ2v) is 7.95. The van der Waals surface area contributed by atoms with Gasteiger partial charge in [0.05, 0.1) is 21.0 Å². The molecule has 10 nitrogen and oxygen atoms in total. The molecule has 0 saturated carbocycles. The topological polar surface area (TPSA) is 128 Å². The fraction of sp³-hybridized carbons (Fsp3) is 0.211. The number of carbonyl (C=O) groups is 1. The lowest BCUT2D eigenvalue weighted by Crippen LogP contribution is -2.37. The predicted octanol–water partition coefficient (Wildman–Crippen LogP) is 2.70. The summed E-state index contributed by atoms with van der Waals surface area (Å²) in [6.07, 6.45) is 5.37. The Labute approximate surface area is 185 Å². The molecule has 1 amide bonds. The Morgan fingerprint density at radius 2 is 2.03 bits per heavy atom. The first kappa shape index (κ1) is 19.6. The Hall–Kier alpha value is -3.37. The Kier molecular flexibility index (Phi) is 4.87. The van der Waals surface area contributed by atoms with Gasteiger partial charge in [-0.15, -0.1) is 10.2 Å². The highest BCUT2D eigenvalue weighted by Crippen LogP contribution is 2.35. The van der Waals surface area contributed by atoms with Crippen LogP contribution in [0.2, 0.25) is 10.0 Å². The van der Waals surface area contributed by atoms with Crippen LogP contribution in [0.5, 0.6) is 0 Å². The number of aromatic nitrogens is 5. The fourth-order valence-electron chi connectivity index (χ4n) is 3.67. The van der Waals surface area contributed by atoms with Crippen molar-refractivity contribution in [2.24, 2.45) is 0 Å². The van der Waals surface area contributed by atoms with Crippen molar-refractivity contribution in [2.75, 3.05) is 23.7 Å². The van der Waals surface area contributed by atoms with E-state index in [-0.39, 0.29) is 17.8 Å². The third kappa shape index (κ3) is 3.53. The van der Waals surface area contributed by atoms with Gasteiger partial charge in [-0.1, -0.05) is 28.4 Å². The van der Waals surface area contributed by atoms with E-state index in [1.807, 2.05) is 4.90 Å². The van der Waals surface area contributed by atoms with E-state index in [0.717, 1.165) is 12.1 Å². The van der Waals surface area contributed by atoms with Crippen LogP contribution in [0.3, 0.4) is 0 Å². The molecular formula is C19H16Cl2N8O2. The second kappa shape index (κ2) is 7.71. The maximum atomic E-state index is 12.8. The average Bonchev–Trinajstić information content (AvgIpc) is 3.50. The van der Waals surface area contributed by atoms with Gasteiger partial charge in [0.2, 0.25) is 5.58 Å². The van der Waals surface area contributed by atoms with Gasteiger partial charge in [-0.3, -0.25) is 9.36 Å². The summed E-state index contributed by atoms with van der Waals surface area (Å²) in [5.41, 5.74) is 7.44. The molecule has 3 N–H and O–H groups in total. The predicted molar refractivity (Wildman–Crippen MR) is 116 cm³/mol. The van der Waals surface area contributed by atoms with Crippen molar-refractivity contribution in [1.29, 1.82) is 0 Å². The molecule has 1 aliphatic heterocycles. The molecule has 0 spiro atoms. The summed E-state index contributed by atoms with van der Waals surface area (Å²) >= 11 is 12.5. The van der Waals surface area contributed by atoms with Crippen LogP contribution < -0.4 is 16.0 Å². The van der Waals surface area contributed by atoms with Gasteiger partial charge in [0, 0.05) is 31.0 Å². The first-order valence-electron chi connectivity index (χ1n) is 9.41. The first-order chi connectivity index (χ1) is 15.0. The second-order valence-electron chi connectivity index (χ2n) is 7.14. The molecule has 0 bridgehead atoms. The number of rotatable bonds is 4. The van der Waals surface area contributed by atoms with E-state index in [2.05, 4.69) is 25.7 Å². The molecule has 4 heterocycles. The smallest absolute Gasteiger partial charge is 0.253 e. The molecule has 12 heteroatoms. The highest BCUT2D eigenvalue weighted by molar-refractivity contribution is 6.36. The quantitative estimate of drug-likeness (QED) is 0.477. The third-order valence-corrected chi connectivity index (χ3v) is 5.80. The minimum atomic E-state index is -0.245. The summed E-state index contributed by atoms with van der Waals surface area (Å²) in [6, 6.07) is 5.08. The summed E-state index contributed by atoms with van der Waals surface area (Å²) in [7, 11) is 0. The molecule has 0 aliphatic carbocycles. The van der Waals surface area contributed by atoms with E-state index in [4.69, 9.17) is 33.5 Å². The van der Waals surface area contributed by atoms with Crippen molar-refractivity contribution in [3.8, 4) is 5.69 Å². The monoisotopic (exact) mass is 458 g/mol. The molecular weight excluding hydrogens is 443 g/mol. The number of nitrogens with zero attached hydrogens (tertiary/aromatic N) is 6. The lowest BCUT2D eigenvalue weighted by molar-refractivity contribution is 0.0940. The number of benzene rings is 1. The number of hydrogen-bond donors (Lipinski definition) is 2. The molecule has 1 fully saturated rings. The molecule has 1 aliphatic rings. The fourth-order valence-corrected chi connectivity index (χ4v) is 4.16. The lowest BCUT2D eigenvalue weighted by atomic mass is 10.1. The van der Waals surface area contributed by atoms with Gasteiger partial charge >= 0.3 is 0 Å². The van der Waals surface area contributed by atoms with E-state index in [1.54, 1.807) is 35.4 Å². The van der Waals surface area contributed by atoms with Gasteiger partial charge in [0.1, 0.15) is 12.7 Å². The van der Waals surface area contributed by atoms with E-state index >= 15 is 0 Å². The van der Waals surface area contributed by atoms with Crippen LogP contribution in [0.1, 0.15) is 16.8 Å². The minimum absolute atomic E-state index is 0.0890. The summed E-state index contributed by atoms with van der Waals surface area (Å²) in [6.45, 7) is 1.22. The summed E-state index contributed by atoms with van der Waals surface area (Å²) in [5.74, 6) is 0.569. The van der Waals surface area contributed by atoms with E-state index in [0.29, 0.717) is 45.5 Å². The number of pyridine rings is 1. The van der Waals surface area contributed by atoms with Crippen LogP contribution in [-0.4, -0.2) is 49.9 Å². The third-order valence-electron chi connectivity index (χ3n) is 5.20. The normalized spacial score (nSPS) is 16.2. The van der Waals surface area contributed by atoms with Crippen LogP contribution >= 0.6 is 23.2 Å². The number of nitrogen functional groups attached to an aromatic ring is 1. The Balaban J connectivity index is 1.30. The Morgan fingerprint density at radius 3 is 2.81 bits per heavy atom. The van der Waals surface area contributed by atoms with Gasteiger partial charge in [0.15, 0.2) is 11.6 Å². The molecule has 3 aromatic heterocycles. The number of amides is 1. The Morgan fingerprint density at radius 1 is 1.23 bits per heavy atom. The van der Waals surface area contributed by atoms with Crippen LogP contribution in [0.15, 0.2) is 41.6 Å². The molecule has 4 aromatic rings. The lowest BCUT2D eigenvalue weighted by Gasteiger charge is -2.18. The zero-order chi connectivity index (χ0) is 21.5. The van der Waals surface area contributed by atoms with Gasteiger partial charge < -0.3 is 20.5 Å². The zero-order valence-electron chi connectivity index (χ0n) is 16.0. The molecule has 1 atom stereocenters. The minimum Gasteiger partial charge on any atom is -0.380 e. The summed E-state index contributed by atoms with van der Waals surface area (Å²) in [4.78, 5) is 19.2. The van der Waals surface area contributed by atoms with Crippen molar-refractivity contribution >= 4 is 51.7 Å². The van der Waals surface area contributed by atoms with E-state index < -0.39 is 0 Å². The van der Waals surface area contributed by atoms with Crippen molar-refractivity contribution in [3.63, 3.8) is 0 Å². The first-order valence-corrected chi connectivity index (χ1v) is 10.2. The number of fused-ring (bicyclic) bond motifs is 1. The zero-order valence-corrected chi connectivity index (χ0v) is 17.5. The SMILES string of the molecule is Nc1noc2c(N3CC[C@@H](NC(=O)c4ccc(-n5cnnc5)cc4Cl)C3)ncc(Cl)c12. The van der Waals surface area contributed by atoms with Crippen LogP contribution in [0.25, 0.3) is 16.7 Å². The number of halogens is 2. The summed E-state index contributed by atoms with van der Waals surface area (Å²) < 4.78 is 7.04. The van der Waals surface area contributed by atoms with E-state index in [9.17, 15) is 4.79 Å². The maximum Gasteiger partial charge on any atom is 0.253 e. The molecule has 158 valence electrons. The summed E-state index contributed by atoms with van der Waals surface area (Å²) in [5, 5.41) is 15.6. The molecule has 5 rings (SSSR count). The van der Waals surface area contributed by atoms with E-state index in [1.165, 1.54) is 6.20 Å². The molecule has 0 unspecified atom stereocenters. The number of hydrogen-bond acceptors (Lipinski definition) is 8. The highest BCUT2D eigenvalue weighted by Gasteiger charge is 2.29. The number of anilines is 2. The van der Waals surface area contributed by atoms with Crippen LogP contribution in [0.4, 0.5) is 11.6 Å². The standard InChI is InChI=1S/C19H16Cl2N8O2/c20-13-5-11(29-8-24-25-9-29)1-2-12(13)19(30)26-10-3-4-28(7-10)18-16-15(14(21)6-23-18)17(22)27-31-16/h1-2,5-6,8-10H,3-4,7H2,(H2,22,27)(H,26,30)/t10-/m1/s1. The maximum absolute atomic E-state index is 12.8. The van der Waals surface area contributed by atoms with Gasteiger partial charge in [-0.05, 0) is 24.6 Å². The average molecular weight is 459 g/mol. The molecule has 0 radical (unpaired) electrons. The van der Waals surface area contributed by atoms with Crippen LogP contribution in [0, 0.1) is 0 Å². The van der Waals surface area contributed by atoms with Crippen LogP contribution in [-0.2, 0) is 0 Å². The molecule has 1 saturated heterocycles. The van der Waals surface area contributed by atoms with Crippen molar-refractivity contribution in [2.45, 2.75) is 12.5 Å². The van der Waals surface area contributed by atoms with Crippen molar-refractivity contribution < 1.29 is 9.32 Å². The molecule has 31 heavy (non-hydrogen) atoms. The van der Waals surface area contributed by atoms with Gasteiger partial charge in [-0.25, -0.2) is 4.98 Å². The van der Waals surface area contributed by atoms with Gasteiger partial charge in [0.25, 0.3) is 5.91 Å².